The van der Waals surface area contributed by atoms with E-state index in [4.69, 9.17) is 14.9 Å². The third-order valence-electron chi connectivity index (χ3n) is 2.49. The Morgan fingerprint density at radius 3 is 3.00 bits per heavy atom. The second kappa shape index (κ2) is 4.16. The number of nitrogens with zero attached hydrogens (tertiary/aromatic N) is 2. The average molecular weight is 212 g/mol. The SMILES string of the molecule is CC1(Nc2nnc(CN)o2)CCCOC1. The molecule has 1 unspecified atom stereocenters. The van der Waals surface area contributed by atoms with Gasteiger partial charge < -0.3 is 20.2 Å². The van der Waals surface area contributed by atoms with Gasteiger partial charge in [0.1, 0.15) is 0 Å². The van der Waals surface area contributed by atoms with Gasteiger partial charge in [-0.25, -0.2) is 0 Å². The van der Waals surface area contributed by atoms with Gasteiger partial charge in [0.25, 0.3) is 0 Å². The van der Waals surface area contributed by atoms with Crippen molar-refractivity contribution in [3.63, 3.8) is 0 Å². The topological polar surface area (TPSA) is 86.2 Å². The standard InChI is InChI=1S/C9H16N4O2/c1-9(3-2-4-14-6-9)11-8-13-12-7(5-10)15-8/h2-6,10H2,1H3,(H,11,13). The quantitative estimate of drug-likeness (QED) is 0.759. The molecule has 1 aliphatic rings. The molecule has 0 spiro atoms. The summed E-state index contributed by atoms with van der Waals surface area (Å²) in [5, 5.41) is 10.8. The Hall–Kier alpha value is -1.14. The van der Waals surface area contributed by atoms with E-state index in [1.54, 1.807) is 0 Å². The van der Waals surface area contributed by atoms with Gasteiger partial charge in [0.15, 0.2) is 0 Å². The van der Waals surface area contributed by atoms with Crippen molar-refractivity contribution in [2.75, 3.05) is 18.5 Å². The summed E-state index contributed by atoms with van der Waals surface area (Å²) in [6, 6.07) is 0.420. The third-order valence-corrected chi connectivity index (χ3v) is 2.49. The van der Waals surface area contributed by atoms with Gasteiger partial charge in [-0.2, -0.15) is 0 Å². The van der Waals surface area contributed by atoms with Crippen molar-refractivity contribution in [1.29, 1.82) is 0 Å². The number of rotatable bonds is 3. The van der Waals surface area contributed by atoms with Crippen LogP contribution < -0.4 is 11.1 Å². The van der Waals surface area contributed by atoms with Crippen LogP contribution >= 0.6 is 0 Å². The zero-order valence-corrected chi connectivity index (χ0v) is 8.82. The number of aromatic nitrogens is 2. The van der Waals surface area contributed by atoms with Gasteiger partial charge in [-0.05, 0) is 19.8 Å². The molecule has 1 aliphatic heterocycles. The summed E-state index contributed by atoms with van der Waals surface area (Å²) in [6.45, 7) is 3.84. The van der Waals surface area contributed by atoms with Crippen LogP contribution in [0.15, 0.2) is 4.42 Å². The Morgan fingerprint density at radius 2 is 2.40 bits per heavy atom. The van der Waals surface area contributed by atoms with Gasteiger partial charge in [-0.15, -0.1) is 5.10 Å². The van der Waals surface area contributed by atoms with Crippen LogP contribution in [0.4, 0.5) is 6.01 Å². The minimum absolute atomic E-state index is 0.114. The highest BCUT2D eigenvalue weighted by atomic mass is 16.5. The first kappa shape index (κ1) is 10.4. The molecule has 0 aromatic carbocycles. The van der Waals surface area contributed by atoms with Gasteiger partial charge in [0.05, 0.1) is 18.7 Å². The molecule has 0 amide bonds. The number of hydrogen-bond donors (Lipinski definition) is 2. The molecule has 2 heterocycles. The van der Waals surface area contributed by atoms with Gasteiger partial charge in [0, 0.05) is 6.61 Å². The minimum Gasteiger partial charge on any atom is -0.407 e. The first-order chi connectivity index (χ1) is 7.22. The Kier molecular flexibility index (Phi) is 2.88. The molecule has 6 nitrogen and oxygen atoms in total. The Bertz CT molecular complexity index is 320. The minimum atomic E-state index is -0.114. The second-order valence-corrected chi connectivity index (χ2v) is 4.05. The molecular formula is C9H16N4O2. The summed E-state index contributed by atoms with van der Waals surface area (Å²) in [5.41, 5.74) is 5.27. The third kappa shape index (κ3) is 2.45. The van der Waals surface area contributed by atoms with E-state index in [1.807, 2.05) is 0 Å². The molecule has 2 rings (SSSR count). The first-order valence-corrected chi connectivity index (χ1v) is 5.10. The van der Waals surface area contributed by atoms with Crippen molar-refractivity contribution >= 4 is 6.01 Å². The van der Waals surface area contributed by atoms with Gasteiger partial charge in [-0.3, -0.25) is 0 Å². The maximum absolute atomic E-state index is 5.41. The number of nitrogens with two attached hydrogens (primary N) is 1. The molecule has 1 aromatic heterocycles. The summed E-state index contributed by atoms with van der Waals surface area (Å²) in [6.07, 6.45) is 2.08. The van der Waals surface area contributed by atoms with E-state index in [-0.39, 0.29) is 12.1 Å². The van der Waals surface area contributed by atoms with Crippen LogP contribution in [0, 0.1) is 0 Å². The van der Waals surface area contributed by atoms with Crippen LogP contribution in [0.5, 0.6) is 0 Å². The molecule has 0 aliphatic carbocycles. The van der Waals surface area contributed by atoms with E-state index in [9.17, 15) is 0 Å². The fourth-order valence-electron chi connectivity index (χ4n) is 1.68. The van der Waals surface area contributed by atoms with E-state index >= 15 is 0 Å². The molecule has 84 valence electrons. The van der Waals surface area contributed by atoms with Gasteiger partial charge in [0.2, 0.25) is 5.89 Å². The molecule has 3 N–H and O–H groups in total. The van der Waals surface area contributed by atoms with Crippen molar-refractivity contribution < 1.29 is 9.15 Å². The van der Waals surface area contributed by atoms with Crippen LogP contribution in [-0.4, -0.2) is 29.0 Å². The number of hydrogen-bond acceptors (Lipinski definition) is 6. The zero-order valence-electron chi connectivity index (χ0n) is 8.82. The fraction of sp³-hybridized carbons (Fsp3) is 0.778. The number of anilines is 1. The van der Waals surface area contributed by atoms with E-state index in [2.05, 4.69) is 22.4 Å². The summed E-state index contributed by atoms with van der Waals surface area (Å²) in [5.74, 6) is 0.442. The molecule has 1 saturated heterocycles. The summed E-state index contributed by atoms with van der Waals surface area (Å²) >= 11 is 0. The fourth-order valence-corrected chi connectivity index (χ4v) is 1.68. The highest BCUT2D eigenvalue weighted by Gasteiger charge is 2.29. The van der Waals surface area contributed by atoms with Crippen LogP contribution in [0.2, 0.25) is 0 Å². The molecule has 1 fully saturated rings. The summed E-state index contributed by atoms with van der Waals surface area (Å²) < 4.78 is 10.7. The van der Waals surface area contributed by atoms with E-state index in [1.165, 1.54) is 0 Å². The van der Waals surface area contributed by atoms with Crippen molar-refractivity contribution in [2.45, 2.75) is 31.8 Å². The second-order valence-electron chi connectivity index (χ2n) is 4.05. The van der Waals surface area contributed by atoms with Crippen molar-refractivity contribution in [2.24, 2.45) is 5.73 Å². The molecule has 1 aromatic rings. The van der Waals surface area contributed by atoms with E-state index in [0.29, 0.717) is 18.5 Å². The largest absolute Gasteiger partial charge is 0.407 e. The lowest BCUT2D eigenvalue weighted by molar-refractivity contribution is 0.0530. The van der Waals surface area contributed by atoms with E-state index in [0.717, 1.165) is 19.4 Å². The molecular weight excluding hydrogens is 196 g/mol. The molecule has 15 heavy (non-hydrogen) atoms. The Balaban J connectivity index is 2.00. The van der Waals surface area contributed by atoms with Crippen LogP contribution in [-0.2, 0) is 11.3 Å². The monoisotopic (exact) mass is 212 g/mol. The zero-order chi connectivity index (χ0) is 10.7. The van der Waals surface area contributed by atoms with E-state index < -0.39 is 0 Å². The summed E-state index contributed by atoms with van der Waals surface area (Å²) in [4.78, 5) is 0. The Labute approximate surface area is 88.2 Å². The predicted molar refractivity (Wildman–Crippen MR) is 54.3 cm³/mol. The molecule has 1 atom stereocenters. The smallest absolute Gasteiger partial charge is 0.316 e. The maximum Gasteiger partial charge on any atom is 0.316 e. The lowest BCUT2D eigenvalue weighted by Gasteiger charge is -2.33. The summed E-state index contributed by atoms with van der Waals surface area (Å²) in [7, 11) is 0. The van der Waals surface area contributed by atoms with Gasteiger partial charge >= 0.3 is 6.01 Å². The predicted octanol–water partition coefficient (Wildman–Crippen LogP) is 0.509. The number of ether oxygens (including phenoxy) is 1. The first-order valence-electron chi connectivity index (χ1n) is 5.10. The average Bonchev–Trinajstić information content (AvgIpc) is 2.66. The lowest BCUT2D eigenvalue weighted by atomic mass is 9.95. The van der Waals surface area contributed by atoms with Crippen molar-refractivity contribution in [3.8, 4) is 0 Å². The van der Waals surface area contributed by atoms with Crippen LogP contribution in [0.25, 0.3) is 0 Å². The van der Waals surface area contributed by atoms with Crippen LogP contribution in [0.1, 0.15) is 25.7 Å². The highest BCUT2D eigenvalue weighted by Crippen LogP contribution is 2.23. The lowest BCUT2D eigenvalue weighted by Crippen LogP contribution is -2.43. The number of nitrogens with one attached hydrogen (secondary N) is 1. The molecule has 0 bridgehead atoms. The van der Waals surface area contributed by atoms with Gasteiger partial charge in [-0.1, -0.05) is 5.10 Å². The van der Waals surface area contributed by atoms with Crippen LogP contribution in [0.3, 0.4) is 0 Å². The molecule has 0 radical (unpaired) electrons. The van der Waals surface area contributed by atoms with Crippen molar-refractivity contribution in [1.82, 2.24) is 10.2 Å². The maximum atomic E-state index is 5.41. The highest BCUT2D eigenvalue weighted by molar-refractivity contribution is 5.24. The normalized spacial score (nSPS) is 26.5. The van der Waals surface area contributed by atoms with Crippen molar-refractivity contribution in [3.05, 3.63) is 5.89 Å². The Morgan fingerprint density at radius 1 is 1.53 bits per heavy atom. The molecule has 6 heteroatoms. The molecule has 0 saturated carbocycles.